The Labute approximate surface area is 291 Å². The summed E-state index contributed by atoms with van der Waals surface area (Å²) >= 11 is 6.27. The Morgan fingerprint density at radius 2 is 1.65 bits per heavy atom. The number of hydrogen-bond donors (Lipinski definition) is 2. The number of anilines is 1. The number of nitrogens with zero attached hydrogens (tertiary/aromatic N) is 3. The predicted octanol–water partition coefficient (Wildman–Crippen LogP) is 6.55. The number of quaternary nitrogens is 1. The van der Waals surface area contributed by atoms with Gasteiger partial charge in [-0.1, -0.05) is 41.9 Å². The van der Waals surface area contributed by atoms with E-state index in [0.29, 0.717) is 62.2 Å². The normalized spacial score (nSPS) is 24.7. The van der Waals surface area contributed by atoms with Crippen molar-refractivity contribution in [3.63, 3.8) is 0 Å². The van der Waals surface area contributed by atoms with Gasteiger partial charge in [0.05, 0.1) is 19.0 Å². The number of nitrogens with one attached hydrogen (secondary N) is 2. The van der Waals surface area contributed by atoms with Gasteiger partial charge in [0.1, 0.15) is 0 Å². The van der Waals surface area contributed by atoms with Gasteiger partial charge in [0.25, 0.3) is 0 Å². The van der Waals surface area contributed by atoms with E-state index in [0.717, 1.165) is 48.3 Å². The fourth-order valence-electron chi connectivity index (χ4n) is 8.71. The molecule has 0 bridgehead atoms. The van der Waals surface area contributed by atoms with Crippen LogP contribution in [0.3, 0.4) is 0 Å². The Morgan fingerprint density at radius 3 is 2.33 bits per heavy atom. The van der Waals surface area contributed by atoms with Crippen molar-refractivity contribution in [3.8, 4) is 0 Å². The summed E-state index contributed by atoms with van der Waals surface area (Å²) in [6.45, 7) is 4.09. The van der Waals surface area contributed by atoms with Gasteiger partial charge < -0.3 is 20.4 Å². The van der Waals surface area contributed by atoms with Gasteiger partial charge in [-0.05, 0) is 92.8 Å². The Morgan fingerprint density at radius 1 is 0.980 bits per heavy atom. The second-order valence-electron chi connectivity index (χ2n) is 14.6. The maximum absolute atomic E-state index is 14.6. The van der Waals surface area contributed by atoms with Crippen molar-refractivity contribution in [2.24, 2.45) is 17.8 Å². The van der Waals surface area contributed by atoms with Crippen LogP contribution in [0.1, 0.15) is 61.6 Å². The summed E-state index contributed by atoms with van der Waals surface area (Å²) in [5.41, 5.74) is 3.43. The molecule has 2 N–H and O–H groups in total. The molecule has 0 aliphatic carbocycles. The lowest BCUT2D eigenvalue weighted by molar-refractivity contribution is -0.873. The van der Waals surface area contributed by atoms with Crippen molar-refractivity contribution in [2.75, 3.05) is 51.1 Å². The molecule has 266 valence electrons. The molecule has 0 spiro atoms. The minimum atomic E-state index is -4.52. The third-order valence-electron chi connectivity index (χ3n) is 11.4. The largest absolute Gasteiger partial charge is 0.438 e. The number of halogens is 4. The maximum Gasteiger partial charge on any atom is 0.438 e. The summed E-state index contributed by atoms with van der Waals surface area (Å²) in [6.07, 6.45) is -0.156. The fraction of sp³-hybridized carbons (Fsp3) is 0.595. The molecule has 6 rings (SSSR count). The highest BCUT2D eigenvalue weighted by Crippen LogP contribution is 2.38. The van der Waals surface area contributed by atoms with Gasteiger partial charge in [-0.2, -0.15) is 13.2 Å². The fourth-order valence-corrected chi connectivity index (χ4v) is 8.82. The Hall–Kier alpha value is -3.15. The number of likely N-dealkylation sites (tertiary alicyclic amines) is 2. The molecule has 12 heteroatoms. The first kappa shape index (κ1) is 35.7. The molecule has 3 saturated heterocycles. The first-order valence-corrected chi connectivity index (χ1v) is 18.1. The van der Waals surface area contributed by atoms with E-state index in [1.807, 2.05) is 42.2 Å². The lowest BCUT2D eigenvalue weighted by Gasteiger charge is -2.45. The van der Waals surface area contributed by atoms with Crippen LogP contribution in [0.25, 0.3) is 0 Å². The van der Waals surface area contributed by atoms with Gasteiger partial charge in [-0.15, -0.1) is 0 Å². The number of carbonyl (C=O) groups excluding carboxylic acids is 3. The monoisotopic (exact) mass is 702 g/mol. The third kappa shape index (κ3) is 8.43. The van der Waals surface area contributed by atoms with Gasteiger partial charge in [0.2, 0.25) is 5.91 Å². The van der Waals surface area contributed by atoms with E-state index in [2.05, 4.69) is 10.6 Å². The summed E-state index contributed by atoms with van der Waals surface area (Å²) in [5.74, 6) is -0.850. The number of aryl methyl sites for hydroxylation is 1. The van der Waals surface area contributed by atoms with Crippen molar-refractivity contribution in [1.82, 2.24) is 15.1 Å². The van der Waals surface area contributed by atoms with Crippen molar-refractivity contribution >= 4 is 35.1 Å². The van der Waals surface area contributed by atoms with E-state index in [-0.39, 0.29) is 43.9 Å². The molecule has 1 unspecified atom stereocenters. The summed E-state index contributed by atoms with van der Waals surface area (Å²) < 4.78 is 42.1. The number of piperidine rings is 3. The first-order chi connectivity index (χ1) is 23.4. The van der Waals surface area contributed by atoms with Gasteiger partial charge >= 0.3 is 18.1 Å². The molecule has 2 aromatic rings. The van der Waals surface area contributed by atoms with Crippen LogP contribution >= 0.6 is 11.6 Å². The van der Waals surface area contributed by atoms with Crippen LogP contribution in [-0.2, 0) is 22.6 Å². The van der Waals surface area contributed by atoms with E-state index in [1.165, 1.54) is 0 Å². The van der Waals surface area contributed by atoms with Crippen LogP contribution in [0.15, 0.2) is 42.5 Å². The van der Waals surface area contributed by atoms with Crippen LogP contribution in [-0.4, -0.2) is 90.2 Å². The summed E-state index contributed by atoms with van der Waals surface area (Å²) in [7, 11) is 0. The van der Waals surface area contributed by atoms with Crippen molar-refractivity contribution in [2.45, 2.75) is 77.1 Å². The van der Waals surface area contributed by atoms with Crippen LogP contribution in [0.4, 0.5) is 23.7 Å². The predicted molar refractivity (Wildman–Crippen MR) is 183 cm³/mol. The molecule has 49 heavy (non-hydrogen) atoms. The number of urea groups is 1. The standard InChI is InChI=1S/C37H47ClF3N5O3/c1-25-20-26(6-7-32(25)38)21-30(35(48)46(24-37(39,40)41)18-12-28(13-19-46)27-8-14-42-15-9-27)22-34(47)44-16-10-31(11-17-44)45-23-29-4-2-3-5-33(29)43-36(45)49/h2-7,20,27-28,30-31,42H,8-19,21-24H2,1H3/p+1. The van der Waals surface area contributed by atoms with Crippen molar-refractivity contribution < 1.29 is 32.0 Å². The molecular weight excluding hydrogens is 655 g/mol. The number of benzene rings is 2. The van der Waals surface area contributed by atoms with E-state index in [9.17, 15) is 27.6 Å². The van der Waals surface area contributed by atoms with Gasteiger partial charge in [0, 0.05) is 55.6 Å². The minimum Gasteiger partial charge on any atom is -0.343 e. The van der Waals surface area contributed by atoms with Gasteiger partial charge in [-0.3, -0.25) is 9.28 Å². The van der Waals surface area contributed by atoms with Crippen LogP contribution in [0, 0.1) is 24.7 Å². The number of amides is 4. The number of fused-ring (bicyclic) bond motifs is 1. The molecule has 8 nitrogen and oxygen atoms in total. The smallest absolute Gasteiger partial charge is 0.343 e. The molecule has 4 aliphatic rings. The average Bonchev–Trinajstić information content (AvgIpc) is 3.09. The zero-order valence-electron chi connectivity index (χ0n) is 28.2. The second-order valence-corrected chi connectivity index (χ2v) is 15.1. The molecule has 4 heterocycles. The van der Waals surface area contributed by atoms with E-state index in [1.54, 1.807) is 17.0 Å². The Kier molecular flexibility index (Phi) is 10.9. The maximum atomic E-state index is 14.6. The van der Waals surface area contributed by atoms with Gasteiger partial charge in [0.15, 0.2) is 6.54 Å². The summed E-state index contributed by atoms with van der Waals surface area (Å²) in [5, 5.41) is 6.89. The number of para-hydroxylation sites is 1. The number of hydrogen-bond acceptors (Lipinski definition) is 4. The molecule has 4 aliphatic heterocycles. The summed E-state index contributed by atoms with van der Waals surface area (Å²) in [6, 6.07) is 12.9. The number of carbonyl (C=O) groups is 3. The number of alkyl halides is 3. The molecule has 0 aromatic heterocycles. The van der Waals surface area contributed by atoms with Crippen LogP contribution in [0.2, 0.25) is 5.02 Å². The topological polar surface area (TPSA) is 81.8 Å². The van der Waals surface area contributed by atoms with Crippen molar-refractivity contribution in [1.29, 1.82) is 0 Å². The second kappa shape index (κ2) is 15.0. The quantitative estimate of drug-likeness (QED) is 0.306. The van der Waals surface area contributed by atoms with Crippen LogP contribution in [0.5, 0.6) is 0 Å². The molecule has 2 aromatic carbocycles. The Balaban J connectivity index is 1.17. The highest BCUT2D eigenvalue weighted by atomic mass is 35.5. The zero-order valence-corrected chi connectivity index (χ0v) is 29.0. The Bertz CT molecular complexity index is 1510. The minimum absolute atomic E-state index is 0.0475. The zero-order chi connectivity index (χ0) is 34.8. The highest BCUT2D eigenvalue weighted by Gasteiger charge is 2.52. The van der Waals surface area contributed by atoms with E-state index < -0.39 is 29.0 Å². The summed E-state index contributed by atoms with van der Waals surface area (Å²) in [4.78, 5) is 44.9. The lowest BCUT2D eigenvalue weighted by atomic mass is 9.78. The molecular formula is C37H48ClF3N5O3+. The van der Waals surface area contributed by atoms with Crippen LogP contribution < -0.4 is 10.6 Å². The highest BCUT2D eigenvalue weighted by molar-refractivity contribution is 6.31. The third-order valence-corrected chi connectivity index (χ3v) is 11.9. The van der Waals surface area contributed by atoms with Crippen molar-refractivity contribution in [3.05, 3.63) is 64.2 Å². The van der Waals surface area contributed by atoms with E-state index >= 15 is 0 Å². The lowest BCUT2D eigenvalue weighted by Crippen LogP contribution is -2.63. The molecule has 0 saturated carbocycles. The number of rotatable bonds is 8. The SMILES string of the molecule is Cc1cc(CC(CC(=O)N2CCC(N3Cc4ccccc4NC3=O)CC2)C(=O)[N+]2(CC(F)(F)F)CCC(C3CCNCC3)CC2)ccc1Cl. The molecule has 1 atom stereocenters. The molecule has 4 amide bonds. The average molecular weight is 703 g/mol. The van der Waals surface area contributed by atoms with E-state index in [4.69, 9.17) is 11.6 Å². The molecule has 0 radical (unpaired) electrons. The van der Waals surface area contributed by atoms with Gasteiger partial charge in [-0.25, -0.2) is 9.59 Å². The molecule has 3 fully saturated rings. The first-order valence-electron chi connectivity index (χ1n) is 17.8.